The van der Waals surface area contributed by atoms with Gasteiger partial charge in [0.05, 0.1) is 11.2 Å². The molecule has 0 bridgehead atoms. The van der Waals surface area contributed by atoms with Crippen LogP contribution in [0.25, 0.3) is 0 Å². The van der Waals surface area contributed by atoms with Gasteiger partial charge in [-0.25, -0.2) is 15.0 Å². The van der Waals surface area contributed by atoms with E-state index in [0.717, 1.165) is 30.0 Å². The molecule has 5 heteroatoms. The summed E-state index contributed by atoms with van der Waals surface area (Å²) in [6.45, 7) is 4.76. The number of nitrogens with zero attached hydrogens (tertiary/aromatic N) is 3. The summed E-state index contributed by atoms with van der Waals surface area (Å²) in [7, 11) is 0. The van der Waals surface area contributed by atoms with Crippen LogP contribution >= 0.6 is 11.3 Å². The highest BCUT2D eigenvalue weighted by molar-refractivity contribution is 7.07. The molecule has 2 aromatic rings. The summed E-state index contributed by atoms with van der Waals surface area (Å²) in [5, 5.41) is 5.27. The van der Waals surface area contributed by atoms with Gasteiger partial charge in [0.25, 0.3) is 0 Å². The molecule has 0 aliphatic carbocycles. The van der Waals surface area contributed by atoms with Crippen LogP contribution < -0.4 is 5.32 Å². The summed E-state index contributed by atoms with van der Waals surface area (Å²) >= 11 is 1.62. The second-order valence-corrected chi connectivity index (χ2v) is 4.35. The van der Waals surface area contributed by atoms with E-state index in [9.17, 15) is 0 Å². The van der Waals surface area contributed by atoms with Crippen molar-refractivity contribution in [3.05, 3.63) is 34.0 Å². The number of aryl methyl sites for hydroxylation is 2. The molecule has 0 unspecified atom stereocenters. The second kappa shape index (κ2) is 5.03. The van der Waals surface area contributed by atoms with Gasteiger partial charge in [0, 0.05) is 29.7 Å². The molecule has 2 heterocycles. The Morgan fingerprint density at radius 2 is 2.00 bits per heavy atom. The Kier molecular flexibility index (Phi) is 3.46. The Balaban J connectivity index is 1.89. The van der Waals surface area contributed by atoms with Gasteiger partial charge < -0.3 is 5.32 Å². The highest BCUT2D eigenvalue weighted by atomic mass is 32.1. The predicted molar refractivity (Wildman–Crippen MR) is 65.8 cm³/mol. The number of thiazole rings is 1. The zero-order chi connectivity index (χ0) is 11.4. The third kappa shape index (κ3) is 3.00. The van der Waals surface area contributed by atoms with E-state index in [4.69, 9.17) is 0 Å². The summed E-state index contributed by atoms with van der Waals surface area (Å²) in [4.78, 5) is 12.8. The Morgan fingerprint density at radius 3 is 2.62 bits per heavy atom. The smallest absolute Gasteiger partial charge is 0.223 e. The minimum atomic E-state index is 0.702. The van der Waals surface area contributed by atoms with Gasteiger partial charge in [-0.15, -0.1) is 11.3 Å². The van der Waals surface area contributed by atoms with E-state index in [1.807, 2.05) is 25.4 Å². The molecule has 1 N–H and O–H groups in total. The minimum absolute atomic E-state index is 0.702. The molecule has 2 rings (SSSR count). The molecule has 0 fully saturated rings. The van der Waals surface area contributed by atoms with Crippen molar-refractivity contribution < 1.29 is 0 Å². The number of anilines is 1. The molecule has 0 aromatic carbocycles. The van der Waals surface area contributed by atoms with Gasteiger partial charge in [-0.1, -0.05) is 0 Å². The SMILES string of the molecule is Cc1cc(C)nc(NCCc2cscn2)n1. The Labute approximate surface area is 98.8 Å². The minimum Gasteiger partial charge on any atom is -0.354 e. The Morgan fingerprint density at radius 1 is 1.25 bits per heavy atom. The number of aromatic nitrogens is 3. The maximum atomic E-state index is 4.31. The van der Waals surface area contributed by atoms with Crippen LogP contribution in [0.1, 0.15) is 17.1 Å². The lowest BCUT2D eigenvalue weighted by atomic mass is 10.3. The van der Waals surface area contributed by atoms with Crippen molar-refractivity contribution in [2.75, 3.05) is 11.9 Å². The molecule has 84 valence electrons. The van der Waals surface area contributed by atoms with E-state index in [0.29, 0.717) is 5.95 Å². The van der Waals surface area contributed by atoms with Crippen molar-refractivity contribution in [2.45, 2.75) is 20.3 Å². The Bertz CT molecular complexity index is 433. The molecule has 4 nitrogen and oxygen atoms in total. The summed E-state index contributed by atoms with van der Waals surface area (Å²) in [6.07, 6.45) is 0.903. The fourth-order valence-electron chi connectivity index (χ4n) is 1.47. The lowest BCUT2D eigenvalue weighted by Gasteiger charge is -2.05. The molecule has 0 aliphatic heterocycles. The van der Waals surface area contributed by atoms with Crippen LogP contribution in [0.5, 0.6) is 0 Å². The zero-order valence-corrected chi connectivity index (χ0v) is 10.2. The van der Waals surface area contributed by atoms with Gasteiger partial charge in [0.15, 0.2) is 0 Å². The monoisotopic (exact) mass is 234 g/mol. The van der Waals surface area contributed by atoms with Crippen molar-refractivity contribution in [1.29, 1.82) is 0 Å². The highest BCUT2D eigenvalue weighted by Gasteiger charge is 1.99. The summed E-state index contributed by atoms with van der Waals surface area (Å²) in [5.41, 5.74) is 4.94. The predicted octanol–water partition coefficient (Wildman–Crippen LogP) is 2.20. The first-order chi connectivity index (χ1) is 7.74. The maximum Gasteiger partial charge on any atom is 0.223 e. The summed E-state index contributed by atoms with van der Waals surface area (Å²) < 4.78 is 0. The molecule has 16 heavy (non-hydrogen) atoms. The fourth-order valence-corrected chi connectivity index (χ4v) is 2.06. The third-order valence-corrected chi connectivity index (χ3v) is 2.77. The fraction of sp³-hybridized carbons (Fsp3) is 0.364. The van der Waals surface area contributed by atoms with Crippen LogP contribution in [0.3, 0.4) is 0 Å². The molecule has 0 atom stereocenters. The average molecular weight is 234 g/mol. The number of hydrogen-bond acceptors (Lipinski definition) is 5. The van der Waals surface area contributed by atoms with E-state index in [-0.39, 0.29) is 0 Å². The van der Waals surface area contributed by atoms with Crippen LogP contribution in [0, 0.1) is 13.8 Å². The van der Waals surface area contributed by atoms with Crippen LogP contribution in [0.15, 0.2) is 17.0 Å². The Hall–Kier alpha value is -1.49. The summed E-state index contributed by atoms with van der Waals surface area (Å²) in [6, 6.07) is 1.96. The van der Waals surface area contributed by atoms with E-state index >= 15 is 0 Å². The highest BCUT2D eigenvalue weighted by Crippen LogP contribution is 2.05. The standard InChI is InChI=1S/C11H14N4S/c1-8-5-9(2)15-11(14-8)12-4-3-10-6-16-7-13-10/h5-7H,3-4H2,1-2H3,(H,12,14,15). The lowest BCUT2D eigenvalue weighted by molar-refractivity contribution is 0.940. The second-order valence-electron chi connectivity index (χ2n) is 3.63. The summed E-state index contributed by atoms with van der Waals surface area (Å²) in [5.74, 6) is 0.702. The molecule has 0 saturated carbocycles. The van der Waals surface area contributed by atoms with Crippen LogP contribution in [0.4, 0.5) is 5.95 Å². The van der Waals surface area contributed by atoms with Gasteiger partial charge >= 0.3 is 0 Å². The normalized spacial score (nSPS) is 10.4. The quantitative estimate of drug-likeness (QED) is 0.881. The molecule has 2 aromatic heterocycles. The molecule has 0 spiro atoms. The van der Waals surface area contributed by atoms with Crippen molar-refractivity contribution in [1.82, 2.24) is 15.0 Å². The van der Waals surface area contributed by atoms with Crippen molar-refractivity contribution >= 4 is 17.3 Å². The van der Waals surface area contributed by atoms with Crippen molar-refractivity contribution in [2.24, 2.45) is 0 Å². The third-order valence-electron chi connectivity index (χ3n) is 2.13. The van der Waals surface area contributed by atoms with E-state index in [1.165, 1.54) is 0 Å². The zero-order valence-electron chi connectivity index (χ0n) is 9.40. The van der Waals surface area contributed by atoms with E-state index in [1.54, 1.807) is 11.3 Å². The van der Waals surface area contributed by atoms with Crippen molar-refractivity contribution in [3.8, 4) is 0 Å². The molecule has 0 amide bonds. The number of nitrogens with one attached hydrogen (secondary N) is 1. The molecule has 0 radical (unpaired) electrons. The van der Waals surface area contributed by atoms with Crippen LogP contribution in [-0.4, -0.2) is 21.5 Å². The molecular weight excluding hydrogens is 220 g/mol. The average Bonchev–Trinajstić information content (AvgIpc) is 2.69. The first-order valence-electron chi connectivity index (χ1n) is 5.17. The number of hydrogen-bond donors (Lipinski definition) is 1. The molecular formula is C11H14N4S. The van der Waals surface area contributed by atoms with E-state index in [2.05, 4.69) is 25.6 Å². The van der Waals surface area contributed by atoms with Gasteiger partial charge in [0.1, 0.15) is 0 Å². The van der Waals surface area contributed by atoms with Gasteiger partial charge in [0.2, 0.25) is 5.95 Å². The van der Waals surface area contributed by atoms with Crippen LogP contribution in [0.2, 0.25) is 0 Å². The van der Waals surface area contributed by atoms with Crippen LogP contribution in [-0.2, 0) is 6.42 Å². The lowest BCUT2D eigenvalue weighted by Crippen LogP contribution is -2.09. The number of rotatable bonds is 4. The first kappa shape index (κ1) is 11.0. The first-order valence-corrected chi connectivity index (χ1v) is 6.11. The van der Waals surface area contributed by atoms with E-state index < -0.39 is 0 Å². The largest absolute Gasteiger partial charge is 0.354 e. The maximum absolute atomic E-state index is 4.31. The van der Waals surface area contributed by atoms with Gasteiger partial charge in [-0.3, -0.25) is 0 Å². The molecule has 0 aliphatic rings. The molecule has 0 saturated heterocycles. The topological polar surface area (TPSA) is 50.7 Å². The van der Waals surface area contributed by atoms with Gasteiger partial charge in [-0.2, -0.15) is 0 Å². The van der Waals surface area contributed by atoms with Crippen molar-refractivity contribution in [3.63, 3.8) is 0 Å². The van der Waals surface area contributed by atoms with Gasteiger partial charge in [-0.05, 0) is 19.9 Å².